The van der Waals surface area contributed by atoms with E-state index in [9.17, 15) is 34.2 Å². The van der Waals surface area contributed by atoms with Crippen LogP contribution in [0.3, 0.4) is 0 Å². The van der Waals surface area contributed by atoms with Gasteiger partial charge in [-0.2, -0.15) is 0 Å². The Kier molecular flexibility index (Phi) is 11.2. The molecule has 14 nitrogen and oxygen atoms in total. The molecule has 2 heterocycles. The second-order valence-electron chi connectivity index (χ2n) is 10.2. The van der Waals surface area contributed by atoms with Crippen LogP contribution in [0.5, 0.6) is 0 Å². The van der Waals surface area contributed by atoms with Crippen molar-refractivity contribution in [3.8, 4) is 0 Å². The van der Waals surface area contributed by atoms with Crippen molar-refractivity contribution in [3.63, 3.8) is 0 Å². The monoisotopic (exact) mass is 583 g/mol. The molecule has 0 aliphatic carbocycles. The number of amides is 3. The summed E-state index contributed by atoms with van der Waals surface area (Å²) in [5.74, 6) is -5.06. The van der Waals surface area contributed by atoms with Gasteiger partial charge in [0.1, 0.15) is 18.1 Å². The van der Waals surface area contributed by atoms with Crippen molar-refractivity contribution in [2.45, 2.75) is 70.1 Å². The molecule has 0 spiro atoms. The van der Waals surface area contributed by atoms with E-state index < -0.39 is 66.2 Å². The van der Waals surface area contributed by atoms with E-state index in [-0.39, 0.29) is 19.3 Å². The molecule has 226 valence electrons. The Labute approximate surface area is 241 Å². The Morgan fingerprint density at radius 3 is 2.31 bits per heavy atom. The Morgan fingerprint density at radius 1 is 0.952 bits per heavy atom. The number of H-pyrrole nitrogens is 2. The minimum absolute atomic E-state index is 0.0616. The van der Waals surface area contributed by atoms with Crippen LogP contribution in [0.1, 0.15) is 44.4 Å². The molecule has 1 aromatic carbocycles. The van der Waals surface area contributed by atoms with Crippen molar-refractivity contribution < 1.29 is 34.2 Å². The molecule has 9 N–H and O–H groups in total. The van der Waals surface area contributed by atoms with Crippen LogP contribution in [0.2, 0.25) is 0 Å². The van der Waals surface area contributed by atoms with Crippen LogP contribution >= 0.6 is 0 Å². The number of nitrogens with two attached hydrogens (primary N) is 1. The maximum atomic E-state index is 13.3. The van der Waals surface area contributed by atoms with E-state index in [1.54, 1.807) is 20.0 Å². The fourth-order valence-corrected chi connectivity index (χ4v) is 4.48. The molecule has 42 heavy (non-hydrogen) atoms. The summed E-state index contributed by atoms with van der Waals surface area (Å²) in [6.07, 6.45) is 4.45. The molecule has 0 saturated carbocycles. The van der Waals surface area contributed by atoms with Crippen LogP contribution in [0, 0.1) is 5.92 Å². The van der Waals surface area contributed by atoms with Crippen molar-refractivity contribution in [3.05, 3.63) is 54.2 Å². The molecule has 0 radical (unpaired) electrons. The van der Waals surface area contributed by atoms with Crippen molar-refractivity contribution in [1.82, 2.24) is 30.9 Å². The average molecular weight is 584 g/mol. The summed E-state index contributed by atoms with van der Waals surface area (Å²) in [6, 6.07) is 2.70. The lowest BCUT2D eigenvalue weighted by molar-refractivity contribution is -0.142. The Balaban J connectivity index is 1.71. The van der Waals surface area contributed by atoms with Gasteiger partial charge in [0.05, 0.1) is 12.4 Å². The summed E-state index contributed by atoms with van der Waals surface area (Å²) in [7, 11) is 0. The molecule has 0 fully saturated rings. The standard InChI is InChI=1S/C28H37N7O7/c1-3-15(2)24(27(40)34-22(28(41)42)11-17-13-30-14-32-17)35-26(39)21(8-9-23(36)37)33-25(38)19(29)10-16-12-31-20-7-5-4-6-18(16)20/h4-7,12-15,19,21-22,24,31H,3,8-11,29H2,1-2H3,(H,30,32)(H,33,38)(H,34,40)(H,35,39)(H,36,37)(H,41,42). The minimum atomic E-state index is -1.30. The third-order valence-electron chi connectivity index (χ3n) is 7.12. The largest absolute Gasteiger partial charge is 0.481 e. The summed E-state index contributed by atoms with van der Waals surface area (Å²) in [6.45, 7) is 3.50. The molecular formula is C28H37N7O7. The SMILES string of the molecule is CCC(C)C(NC(=O)C(CCC(=O)O)NC(=O)C(N)Cc1c[nH]c2ccccc12)C(=O)NC(Cc1cnc[nH]1)C(=O)O. The third kappa shape index (κ3) is 8.64. The molecule has 0 bridgehead atoms. The summed E-state index contributed by atoms with van der Waals surface area (Å²) >= 11 is 0. The molecule has 5 atom stereocenters. The highest BCUT2D eigenvalue weighted by Crippen LogP contribution is 2.19. The fourth-order valence-electron chi connectivity index (χ4n) is 4.48. The van der Waals surface area contributed by atoms with E-state index in [4.69, 9.17) is 5.73 Å². The zero-order valence-electron chi connectivity index (χ0n) is 23.4. The van der Waals surface area contributed by atoms with Crippen LogP contribution < -0.4 is 21.7 Å². The summed E-state index contributed by atoms with van der Waals surface area (Å²) < 4.78 is 0. The van der Waals surface area contributed by atoms with E-state index in [0.29, 0.717) is 12.1 Å². The molecule has 0 aliphatic rings. The van der Waals surface area contributed by atoms with Crippen molar-refractivity contribution in [1.29, 1.82) is 0 Å². The van der Waals surface area contributed by atoms with Crippen LogP contribution in [0.25, 0.3) is 10.9 Å². The number of nitrogens with one attached hydrogen (secondary N) is 5. The Hall–Kier alpha value is -4.72. The van der Waals surface area contributed by atoms with Gasteiger partial charge < -0.3 is 41.9 Å². The fraction of sp³-hybridized carbons (Fsp3) is 0.429. The number of fused-ring (bicyclic) bond motifs is 1. The number of aromatic amines is 2. The predicted octanol–water partition coefficient (Wildman–Crippen LogP) is 0.453. The summed E-state index contributed by atoms with van der Waals surface area (Å²) in [5, 5.41) is 27.3. The van der Waals surface area contributed by atoms with Crippen LogP contribution in [0.15, 0.2) is 43.0 Å². The number of hydrogen-bond donors (Lipinski definition) is 8. The van der Waals surface area contributed by atoms with Gasteiger partial charge in [-0.25, -0.2) is 9.78 Å². The Morgan fingerprint density at radius 2 is 1.67 bits per heavy atom. The molecule has 3 aromatic rings. The zero-order chi connectivity index (χ0) is 30.8. The number of carboxylic acid groups (broad SMARTS) is 2. The molecule has 0 saturated heterocycles. The van der Waals surface area contributed by atoms with Crippen molar-refractivity contribution in [2.75, 3.05) is 0 Å². The highest BCUT2D eigenvalue weighted by molar-refractivity contribution is 5.94. The predicted molar refractivity (Wildman–Crippen MR) is 152 cm³/mol. The first-order chi connectivity index (χ1) is 20.0. The zero-order valence-corrected chi connectivity index (χ0v) is 23.4. The van der Waals surface area contributed by atoms with Gasteiger partial charge in [0.15, 0.2) is 0 Å². The minimum Gasteiger partial charge on any atom is -0.481 e. The van der Waals surface area contributed by atoms with Crippen LogP contribution in [-0.2, 0) is 36.8 Å². The number of hydrogen-bond acceptors (Lipinski definition) is 7. The number of carboxylic acids is 2. The molecule has 3 rings (SSSR count). The number of aromatic nitrogens is 3. The van der Waals surface area contributed by atoms with Crippen LogP contribution in [-0.4, -0.2) is 79.0 Å². The number of aliphatic carboxylic acids is 2. The first kappa shape index (κ1) is 31.8. The van der Waals surface area contributed by atoms with E-state index in [1.165, 1.54) is 12.5 Å². The maximum Gasteiger partial charge on any atom is 0.326 e. The molecule has 3 amide bonds. The smallest absolute Gasteiger partial charge is 0.326 e. The number of rotatable bonds is 16. The van der Waals surface area contributed by atoms with Gasteiger partial charge in [0.25, 0.3) is 0 Å². The highest BCUT2D eigenvalue weighted by Gasteiger charge is 2.33. The lowest BCUT2D eigenvalue weighted by Crippen LogP contribution is -2.59. The Bertz CT molecular complexity index is 1390. The van der Waals surface area contributed by atoms with Gasteiger partial charge in [0, 0.05) is 41.8 Å². The van der Waals surface area contributed by atoms with Gasteiger partial charge in [0.2, 0.25) is 17.7 Å². The van der Waals surface area contributed by atoms with Gasteiger partial charge >= 0.3 is 11.9 Å². The lowest BCUT2D eigenvalue weighted by atomic mass is 9.96. The molecule has 2 aromatic heterocycles. The van der Waals surface area contributed by atoms with E-state index in [1.807, 2.05) is 24.3 Å². The second-order valence-corrected chi connectivity index (χ2v) is 10.2. The topological polar surface area (TPSA) is 232 Å². The quantitative estimate of drug-likeness (QED) is 0.117. The summed E-state index contributed by atoms with van der Waals surface area (Å²) in [4.78, 5) is 72.4. The maximum absolute atomic E-state index is 13.3. The average Bonchev–Trinajstić information content (AvgIpc) is 3.62. The first-order valence-corrected chi connectivity index (χ1v) is 13.6. The van der Waals surface area contributed by atoms with Gasteiger partial charge in [-0.15, -0.1) is 0 Å². The van der Waals surface area contributed by atoms with Gasteiger partial charge in [-0.1, -0.05) is 38.5 Å². The second kappa shape index (κ2) is 14.8. The normalized spacial score (nSPS) is 14.7. The van der Waals surface area contributed by atoms with Crippen LogP contribution in [0.4, 0.5) is 0 Å². The van der Waals surface area contributed by atoms with E-state index in [0.717, 1.165) is 16.5 Å². The third-order valence-corrected chi connectivity index (χ3v) is 7.12. The van der Waals surface area contributed by atoms with Gasteiger partial charge in [-0.3, -0.25) is 19.2 Å². The van der Waals surface area contributed by atoms with Crippen molar-refractivity contribution in [2.24, 2.45) is 11.7 Å². The first-order valence-electron chi connectivity index (χ1n) is 13.6. The molecule has 5 unspecified atom stereocenters. The van der Waals surface area contributed by atoms with Crippen molar-refractivity contribution >= 4 is 40.6 Å². The number of para-hydroxylation sites is 1. The number of carbonyl (C=O) groups is 5. The highest BCUT2D eigenvalue weighted by atomic mass is 16.4. The number of benzene rings is 1. The number of imidazole rings is 1. The van der Waals surface area contributed by atoms with E-state index in [2.05, 4.69) is 30.9 Å². The number of carbonyl (C=O) groups excluding carboxylic acids is 3. The van der Waals surface area contributed by atoms with E-state index >= 15 is 0 Å². The molecular weight excluding hydrogens is 546 g/mol. The number of nitrogens with zero attached hydrogens (tertiary/aromatic N) is 1. The molecule has 0 aliphatic heterocycles. The molecule has 14 heteroatoms. The van der Waals surface area contributed by atoms with Gasteiger partial charge in [-0.05, 0) is 30.4 Å². The lowest BCUT2D eigenvalue weighted by Gasteiger charge is -2.28. The summed E-state index contributed by atoms with van der Waals surface area (Å²) in [5.41, 5.74) is 8.33.